The number of nitrogens with two attached hydrogens (primary N) is 1. The van der Waals surface area contributed by atoms with Gasteiger partial charge in [0.2, 0.25) is 0 Å². The van der Waals surface area contributed by atoms with Gasteiger partial charge in [-0.2, -0.15) is 0 Å². The second-order valence-corrected chi connectivity index (χ2v) is 5.19. The van der Waals surface area contributed by atoms with Gasteiger partial charge in [-0.25, -0.2) is 0 Å². The number of rotatable bonds is 2. The molecule has 2 heterocycles. The molecule has 3 heteroatoms. The fraction of sp³-hybridized carbons (Fsp3) is 0. The second-order valence-electron chi connectivity index (χ2n) is 5.19. The van der Waals surface area contributed by atoms with Crippen LogP contribution >= 0.6 is 0 Å². The third-order valence-electron chi connectivity index (χ3n) is 3.88. The van der Waals surface area contributed by atoms with E-state index in [-0.39, 0.29) is 0 Å². The maximum atomic E-state index is 6.52. The molecule has 0 saturated carbocycles. The average molecular weight is 285 g/mol. The lowest BCUT2D eigenvalue weighted by molar-refractivity contribution is 1.14. The summed E-state index contributed by atoms with van der Waals surface area (Å²) in [5.41, 5.74) is 10.8. The van der Waals surface area contributed by atoms with E-state index < -0.39 is 0 Å². The van der Waals surface area contributed by atoms with Crippen molar-refractivity contribution in [2.75, 3.05) is 5.73 Å². The van der Waals surface area contributed by atoms with Crippen molar-refractivity contribution in [2.45, 2.75) is 0 Å². The molecule has 0 atom stereocenters. The van der Waals surface area contributed by atoms with Gasteiger partial charge >= 0.3 is 0 Å². The first-order valence-corrected chi connectivity index (χ1v) is 7.21. The van der Waals surface area contributed by atoms with Crippen LogP contribution in [-0.2, 0) is 0 Å². The van der Waals surface area contributed by atoms with Gasteiger partial charge in [0, 0.05) is 29.0 Å². The molecule has 0 radical (unpaired) electrons. The van der Waals surface area contributed by atoms with Crippen LogP contribution in [0.1, 0.15) is 0 Å². The molecule has 0 aliphatic rings. The van der Waals surface area contributed by atoms with Crippen molar-refractivity contribution < 1.29 is 0 Å². The first-order chi connectivity index (χ1) is 10.9. The van der Waals surface area contributed by atoms with Crippen molar-refractivity contribution >= 4 is 16.7 Å². The predicted molar refractivity (Wildman–Crippen MR) is 90.9 cm³/mol. The Bertz CT molecular complexity index is 848. The number of pyridine rings is 1. The van der Waals surface area contributed by atoms with E-state index in [9.17, 15) is 0 Å². The summed E-state index contributed by atoms with van der Waals surface area (Å²) in [7, 11) is 0. The van der Waals surface area contributed by atoms with Gasteiger partial charge in [-0.3, -0.25) is 9.55 Å². The zero-order valence-electron chi connectivity index (χ0n) is 12.0. The van der Waals surface area contributed by atoms with Gasteiger partial charge in [-0.1, -0.05) is 48.5 Å². The lowest BCUT2D eigenvalue weighted by atomic mass is 10.1. The number of benzene rings is 2. The highest BCUT2D eigenvalue weighted by molar-refractivity contribution is 6.03. The lowest BCUT2D eigenvalue weighted by Gasteiger charge is -2.08. The number of nitrogen functional groups attached to an aromatic ring is 1. The Labute approximate surface area is 128 Å². The highest BCUT2D eigenvalue weighted by Crippen LogP contribution is 2.38. The molecule has 2 N–H and O–H groups in total. The molecule has 3 nitrogen and oxygen atoms in total. The number of aromatic nitrogens is 2. The van der Waals surface area contributed by atoms with Gasteiger partial charge in [-0.15, -0.1) is 0 Å². The minimum absolute atomic E-state index is 0.736. The smallest absolute Gasteiger partial charge is 0.117 e. The van der Waals surface area contributed by atoms with Gasteiger partial charge in [0.15, 0.2) is 0 Å². The molecule has 2 aromatic carbocycles. The number of hydrogen-bond acceptors (Lipinski definition) is 2. The van der Waals surface area contributed by atoms with E-state index in [1.165, 1.54) is 0 Å². The largest absolute Gasteiger partial charge is 0.384 e. The normalized spacial score (nSPS) is 10.9. The van der Waals surface area contributed by atoms with Crippen molar-refractivity contribution in [2.24, 2.45) is 0 Å². The van der Waals surface area contributed by atoms with Crippen molar-refractivity contribution in [3.63, 3.8) is 0 Å². The molecule has 0 aliphatic heterocycles. The van der Waals surface area contributed by atoms with Crippen LogP contribution in [0, 0.1) is 0 Å². The fourth-order valence-corrected chi connectivity index (χ4v) is 2.92. The minimum atomic E-state index is 0.736. The first kappa shape index (κ1) is 12.7. The van der Waals surface area contributed by atoms with Crippen LogP contribution in [0.5, 0.6) is 0 Å². The topological polar surface area (TPSA) is 43.8 Å². The maximum absolute atomic E-state index is 6.52. The Morgan fingerprint density at radius 2 is 1.50 bits per heavy atom. The molecule has 0 fully saturated rings. The van der Waals surface area contributed by atoms with Crippen molar-refractivity contribution in [3.05, 3.63) is 79.1 Å². The molecule has 0 saturated heterocycles. The zero-order chi connectivity index (χ0) is 14.9. The molecule has 0 amide bonds. The predicted octanol–water partition coefficient (Wildman–Crippen LogP) is 4.27. The first-order valence-electron chi connectivity index (χ1n) is 7.21. The van der Waals surface area contributed by atoms with E-state index in [1.807, 2.05) is 48.7 Å². The standard InChI is InChI=1S/C19H15N3/c20-19-18(14-7-3-1-4-8-14)16-13-21-12-11-17(16)22(19)15-9-5-2-6-10-15/h1-13H,20H2. The van der Waals surface area contributed by atoms with Crippen LogP contribution in [0.4, 0.5) is 5.82 Å². The van der Waals surface area contributed by atoms with E-state index in [2.05, 4.69) is 33.8 Å². The summed E-state index contributed by atoms with van der Waals surface area (Å²) in [4.78, 5) is 4.28. The Morgan fingerprint density at radius 3 is 2.23 bits per heavy atom. The molecular weight excluding hydrogens is 270 g/mol. The lowest BCUT2D eigenvalue weighted by Crippen LogP contribution is -2.00. The average Bonchev–Trinajstić information content (AvgIpc) is 2.88. The van der Waals surface area contributed by atoms with Gasteiger partial charge in [0.05, 0.1) is 5.52 Å². The van der Waals surface area contributed by atoms with Crippen LogP contribution < -0.4 is 5.73 Å². The molecule has 22 heavy (non-hydrogen) atoms. The number of nitrogens with zero attached hydrogens (tertiary/aromatic N) is 2. The third-order valence-corrected chi connectivity index (χ3v) is 3.88. The van der Waals surface area contributed by atoms with Crippen molar-refractivity contribution in [1.29, 1.82) is 0 Å². The summed E-state index contributed by atoms with van der Waals surface area (Å²) >= 11 is 0. The Balaban J connectivity index is 2.10. The number of fused-ring (bicyclic) bond motifs is 1. The fourth-order valence-electron chi connectivity index (χ4n) is 2.92. The van der Waals surface area contributed by atoms with Gasteiger partial charge in [0.1, 0.15) is 5.82 Å². The van der Waals surface area contributed by atoms with Crippen LogP contribution in [0.25, 0.3) is 27.7 Å². The summed E-state index contributed by atoms with van der Waals surface area (Å²) in [6.07, 6.45) is 3.68. The van der Waals surface area contributed by atoms with E-state index in [1.54, 1.807) is 6.20 Å². The Morgan fingerprint density at radius 1 is 0.818 bits per heavy atom. The number of anilines is 1. The molecule has 4 aromatic rings. The van der Waals surface area contributed by atoms with E-state index >= 15 is 0 Å². The highest BCUT2D eigenvalue weighted by atomic mass is 15.1. The summed E-state index contributed by atoms with van der Waals surface area (Å²) in [6, 6.07) is 22.4. The van der Waals surface area contributed by atoms with E-state index in [0.717, 1.165) is 33.5 Å². The minimum Gasteiger partial charge on any atom is -0.384 e. The number of hydrogen-bond donors (Lipinski definition) is 1. The van der Waals surface area contributed by atoms with Crippen LogP contribution in [-0.4, -0.2) is 9.55 Å². The number of para-hydroxylation sites is 1. The summed E-state index contributed by atoms with van der Waals surface area (Å²) in [6.45, 7) is 0. The van der Waals surface area contributed by atoms with Gasteiger partial charge in [-0.05, 0) is 23.8 Å². The van der Waals surface area contributed by atoms with Crippen LogP contribution in [0.3, 0.4) is 0 Å². The zero-order valence-corrected chi connectivity index (χ0v) is 12.0. The Hall–Kier alpha value is -3.07. The van der Waals surface area contributed by atoms with Crippen molar-refractivity contribution in [1.82, 2.24) is 9.55 Å². The SMILES string of the molecule is Nc1c(-c2ccccc2)c2cnccc2n1-c1ccccc1. The van der Waals surface area contributed by atoms with Gasteiger partial charge in [0.25, 0.3) is 0 Å². The quantitative estimate of drug-likeness (QED) is 0.597. The van der Waals surface area contributed by atoms with E-state index in [0.29, 0.717) is 0 Å². The molecule has 106 valence electrons. The maximum Gasteiger partial charge on any atom is 0.117 e. The third kappa shape index (κ3) is 1.87. The monoisotopic (exact) mass is 285 g/mol. The summed E-state index contributed by atoms with van der Waals surface area (Å²) in [5.74, 6) is 0.736. The molecule has 0 unspecified atom stereocenters. The molecular formula is C19H15N3. The molecule has 0 spiro atoms. The summed E-state index contributed by atoms with van der Waals surface area (Å²) < 4.78 is 2.08. The Kier molecular flexibility index (Phi) is 2.90. The van der Waals surface area contributed by atoms with Crippen LogP contribution in [0.15, 0.2) is 79.1 Å². The second kappa shape index (κ2) is 5.04. The molecule has 0 bridgehead atoms. The molecule has 2 aromatic heterocycles. The van der Waals surface area contributed by atoms with E-state index in [4.69, 9.17) is 5.73 Å². The van der Waals surface area contributed by atoms with Crippen molar-refractivity contribution in [3.8, 4) is 16.8 Å². The van der Waals surface area contributed by atoms with Crippen LogP contribution in [0.2, 0.25) is 0 Å². The molecule has 0 aliphatic carbocycles. The summed E-state index contributed by atoms with van der Waals surface area (Å²) in [5, 5.41) is 1.06. The highest BCUT2D eigenvalue weighted by Gasteiger charge is 2.17. The molecule has 4 rings (SSSR count). The van der Waals surface area contributed by atoms with Gasteiger partial charge < -0.3 is 5.73 Å².